The molecular weight excluding hydrogens is 521 g/mol. The van der Waals surface area contributed by atoms with Crippen molar-refractivity contribution in [3.8, 4) is 0 Å². The maximum absolute atomic E-state index is 13.4. The lowest BCUT2D eigenvalue weighted by molar-refractivity contribution is -0.141. The van der Waals surface area contributed by atoms with Gasteiger partial charge in [0.05, 0.1) is 11.9 Å². The summed E-state index contributed by atoms with van der Waals surface area (Å²) in [5, 5.41) is 3.85. The summed E-state index contributed by atoms with van der Waals surface area (Å²) in [5.41, 5.74) is 1.17. The lowest BCUT2D eigenvalue weighted by Gasteiger charge is -2.31. The van der Waals surface area contributed by atoms with Crippen LogP contribution in [-0.2, 0) is 26.2 Å². The average molecular weight is 557 g/mol. The first kappa shape index (κ1) is 29.9. The summed E-state index contributed by atoms with van der Waals surface area (Å²) >= 11 is 12.4. The molecule has 2 amide bonds. The SMILES string of the molecule is CCC(C(=O)NCC(C)C)N(Cc1ccccc1Cl)C(=O)CCCN(c1cccc(Cl)c1)S(C)(=O)=O. The van der Waals surface area contributed by atoms with E-state index >= 15 is 0 Å². The van der Waals surface area contributed by atoms with Crippen molar-refractivity contribution in [3.05, 3.63) is 64.1 Å². The molecule has 0 aliphatic carbocycles. The van der Waals surface area contributed by atoms with E-state index in [1.165, 1.54) is 4.31 Å². The summed E-state index contributed by atoms with van der Waals surface area (Å²) in [5.74, 6) is -0.197. The van der Waals surface area contributed by atoms with Crippen LogP contribution in [0.2, 0.25) is 10.0 Å². The van der Waals surface area contributed by atoms with E-state index in [0.717, 1.165) is 11.8 Å². The third-order valence-electron chi connectivity index (χ3n) is 5.62. The van der Waals surface area contributed by atoms with Crippen LogP contribution in [0.25, 0.3) is 0 Å². The molecule has 0 spiro atoms. The zero-order valence-corrected chi connectivity index (χ0v) is 23.5. The zero-order chi connectivity index (χ0) is 26.9. The summed E-state index contributed by atoms with van der Waals surface area (Å²) in [4.78, 5) is 28.0. The normalized spacial score (nSPS) is 12.3. The Balaban J connectivity index is 2.22. The van der Waals surface area contributed by atoms with Crippen LogP contribution in [0.15, 0.2) is 48.5 Å². The second-order valence-corrected chi connectivity index (χ2v) is 11.8. The van der Waals surface area contributed by atoms with E-state index in [2.05, 4.69) is 5.32 Å². The molecule has 0 aliphatic heterocycles. The van der Waals surface area contributed by atoms with Gasteiger partial charge in [0.25, 0.3) is 0 Å². The summed E-state index contributed by atoms with van der Waals surface area (Å²) < 4.78 is 26.1. The standard InChI is InChI=1S/C26H35Cl2N3O4S/c1-5-24(26(33)29-17-19(2)3)30(18-20-10-6-7-13-23(20)28)25(32)14-9-15-31(36(4,34)35)22-12-8-11-21(27)16-22/h6-8,10-13,16,19,24H,5,9,14-15,17-18H2,1-4H3,(H,29,33). The molecule has 7 nitrogen and oxygen atoms in total. The first-order chi connectivity index (χ1) is 16.9. The Labute approximate surface area is 224 Å². The number of anilines is 1. The van der Waals surface area contributed by atoms with Gasteiger partial charge in [-0.2, -0.15) is 0 Å². The maximum atomic E-state index is 13.4. The van der Waals surface area contributed by atoms with E-state index in [1.54, 1.807) is 41.3 Å². The highest BCUT2D eigenvalue weighted by atomic mass is 35.5. The van der Waals surface area contributed by atoms with Crippen LogP contribution in [0.1, 0.15) is 45.6 Å². The van der Waals surface area contributed by atoms with Crippen LogP contribution in [-0.4, -0.2) is 50.5 Å². The van der Waals surface area contributed by atoms with E-state index in [4.69, 9.17) is 23.2 Å². The minimum absolute atomic E-state index is 0.0605. The number of hydrogen-bond donors (Lipinski definition) is 1. The van der Waals surface area contributed by atoms with Gasteiger partial charge in [-0.15, -0.1) is 0 Å². The number of carbonyl (C=O) groups excluding carboxylic acids is 2. The second-order valence-electron chi connectivity index (χ2n) is 9.09. The molecule has 0 saturated heterocycles. The number of amides is 2. The molecule has 1 N–H and O–H groups in total. The first-order valence-electron chi connectivity index (χ1n) is 12.0. The molecule has 1 atom stereocenters. The third kappa shape index (κ3) is 8.98. The zero-order valence-electron chi connectivity index (χ0n) is 21.2. The van der Waals surface area contributed by atoms with Crippen molar-refractivity contribution in [3.63, 3.8) is 0 Å². The first-order valence-corrected chi connectivity index (χ1v) is 14.6. The molecule has 0 heterocycles. The van der Waals surface area contributed by atoms with E-state index in [9.17, 15) is 18.0 Å². The fourth-order valence-corrected chi connectivity index (χ4v) is 5.12. The van der Waals surface area contributed by atoms with Gasteiger partial charge in [-0.1, -0.05) is 68.2 Å². The summed E-state index contributed by atoms with van der Waals surface area (Å²) in [6, 6.07) is 13.1. The topological polar surface area (TPSA) is 86.8 Å². The van der Waals surface area contributed by atoms with E-state index in [1.807, 2.05) is 32.9 Å². The van der Waals surface area contributed by atoms with Crippen molar-refractivity contribution in [2.75, 3.05) is 23.7 Å². The fourth-order valence-electron chi connectivity index (χ4n) is 3.79. The van der Waals surface area contributed by atoms with E-state index in [-0.39, 0.29) is 43.7 Å². The van der Waals surface area contributed by atoms with Gasteiger partial charge in [-0.05, 0) is 48.6 Å². The molecule has 0 radical (unpaired) electrons. The van der Waals surface area contributed by atoms with Gasteiger partial charge in [0.15, 0.2) is 0 Å². The van der Waals surface area contributed by atoms with Crippen molar-refractivity contribution in [2.45, 2.75) is 52.6 Å². The molecule has 0 saturated carbocycles. The van der Waals surface area contributed by atoms with Crippen LogP contribution in [0.5, 0.6) is 0 Å². The van der Waals surface area contributed by atoms with Crippen molar-refractivity contribution in [2.24, 2.45) is 5.92 Å². The molecule has 2 aromatic rings. The summed E-state index contributed by atoms with van der Waals surface area (Å²) in [7, 11) is -3.59. The smallest absolute Gasteiger partial charge is 0.242 e. The molecule has 0 fully saturated rings. The molecule has 1 unspecified atom stereocenters. The quantitative estimate of drug-likeness (QED) is 0.371. The minimum Gasteiger partial charge on any atom is -0.354 e. The van der Waals surface area contributed by atoms with E-state index < -0.39 is 16.1 Å². The largest absolute Gasteiger partial charge is 0.354 e. The number of benzene rings is 2. The number of hydrogen-bond acceptors (Lipinski definition) is 4. The Morgan fingerprint density at radius 3 is 2.33 bits per heavy atom. The summed E-state index contributed by atoms with van der Waals surface area (Å²) in [6.45, 7) is 6.64. The third-order valence-corrected chi connectivity index (χ3v) is 7.42. The predicted molar refractivity (Wildman–Crippen MR) is 147 cm³/mol. The molecule has 2 aromatic carbocycles. The average Bonchev–Trinajstić information content (AvgIpc) is 2.80. The molecule has 0 aromatic heterocycles. The van der Waals surface area contributed by atoms with E-state index in [0.29, 0.717) is 28.7 Å². The van der Waals surface area contributed by atoms with Gasteiger partial charge in [0.2, 0.25) is 21.8 Å². The Hall–Kier alpha value is -2.29. The monoisotopic (exact) mass is 555 g/mol. The van der Waals surface area contributed by atoms with Crippen molar-refractivity contribution >= 4 is 50.7 Å². The number of nitrogens with zero attached hydrogens (tertiary/aromatic N) is 2. The molecular formula is C26H35Cl2N3O4S. The Kier molecular flexibility index (Phi) is 11.5. The molecule has 2 rings (SSSR count). The number of nitrogens with one attached hydrogen (secondary N) is 1. The fraction of sp³-hybridized carbons (Fsp3) is 0.462. The highest BCUT2D eigenvalue weighted by Gasteiger charge is 2.29. The highest BCUT2D eigenvalue weighted by Crippen LogP contribution is 2.24. The number of sulfonamides is 1. The van der Waals surface area contributed by atoms with Crippen LogP contribution in [0, 0.1) is 5.92 Å². The van der Waals surface area contributed by atoms with Crippen molar-refractivity contribution in [1.29, 1.82) is 0 Å². The lowest BCUT2D eigenvalue weighted by atomic mass is 10.1. The molecule has 10 heteroatoms. The van der Waals surface area contributed by atoms with Crippen LogP contribution in [0.4, 0.5) is 5.69 Å². The van der Waals surface area contributed by atoms with Gasteiger partial charge in [0, 0.05) is 36.1 Å². The van der Waals surface area contributed by atoms with Gasteiger partial charge >= 0.3 is 0 Å². The number of rotatable bonds is 13. The van der Waals surface area contributed by atoms with Gasteiger partial charge in [0.1, 0.15) is 6.04 Å². The predicted octanol–water partition coefficient (Wildman–Crippen LogP) is 5.12. The maximum Gasteiger partial charge on any atom is 0.242 e. The second kappa shape index (κ2) is 13.9. The molecule has 0 bridgehead atoms. The van der Waals surface area contributed by atoms with Crippen LogP contribution < -0.4 is 9.62 Å². The van der Waals surface area contributed by atoms with Gasteiger partial charge in [-0.25, -0.2) is 8.42 Å². The highest BCUT2D eigenvalue weighted by molar-refractivity contribution is 7.92. The lowest BCUT2D eigenvalue weighted by Crippen LogP contribution is -2.49. The van der Waals surface area contributed by atoms with Crippen molar-refractivity contribution < 1.29 is 18.0 Å². The Bertz CT molecular complexity index is 1140. The number of halogens is 2. The number of carbonyl (C=O) groups is 2. The molecule has 198 valence electrons. The van der Waals surface area contributed by atoms with Crippen molar-refractivity contribution in [1.82, 2.24) is 10.2 Å². The van der Waals surface area contributed by atoms with Gasteiger partial charge in [-0.3, -0.25) is 13.9 Å². The Morgan fingerprint density at radius 1 is 1.06 bits per heavy atom. The van der Waals surface area contributed by atoms with Gasteiger partial charge < -0.3 is 10.2 Å². The minimum atomic E-state index is -3.59. The Morgan fingerprint density at radius 2 is 1.75 bits per heavy atom. The van der Waals surface area contributed by atoms with Crippen LogP contribution in [0.3, 0.4) is 0 Å². The summed E-state index contributed by atoms with van der Waals surface area (Å²) in [6.07, 6.45) is 1.87. The molecule has 36 heavy (non-hydrogen) atoms. The van der Waals surface area contributed by atoms with Crippen LogP contribution >= 0.6 is 23.2 Å². The molecule has 0 aliphatic rings.